The molecule has 2 aromatic rings. The van der Waals surface area contributed by atoms with Gasteiger partial charge in [0.2, 0.25) is 23.6 Å². The van der Waals surface area contributed by atoms with E-state index >= 15 is 0 Å². The first-order valence-electron chi connectivity index (χ1n) is 19.0. The van der Waals surface area contributed by atoms with Crippen LogP contribution in [-0.4, -0.2) is 126 Å². The third-order valence-electron chi connectivity index (χ3n) is 12.0. The van der Waals surface area contributed by atoms with Gasteiger partial charge in [-0.1, -0.05) is 57.5 Å². The van der Waals surface area contributed by atoms with Crippen molar-refractivity contribution in [3.8, 4) is 11.3 Å². The lowest BCUT2D eigenvalue weighted by Gasteiger charge is -2.39. The van der Waals surface area contributed by atoms with Crippen molar-refractivity contribution in [1.29, 1.82) is 0 Å². The van der Waals surface area contributed by atoms with Crippen molar-refractivity contribution in [3.05, 3.63) is 42.4 Å². The highest BCUT2D eigenvalue weighted by atomic mass is 16.5. The summed E-state index contributed by atoms with van der Waals surface area (Å²) in [6.07, 6.45) is 6.24. The SMILES string of the molecule is CCC(C)C(C(CC(=O)N1CCCC1C(OC)C(C)C(=O)NCc1ncc(-c2ccccc2)[nH]1)OC)N(C)C(=O)CNC(=O)C1C2CCC(C2)N1C. The van der Waals surface area contributed by atoms with Crippen LogP contribution >= 0.6 is 0 Å². The number of fused-ring (bicyclic) bond motifs is 2. The van der Waals surface area contributed by atoms with Crippen LogP contribution in [0.15, 0.2) is 36.5 Å². The van der Waals surface area contributed by atoms with E-state index in [1.54, 1.807) is 32.4 Å². The van der Waals surface area contributed by atoms with Crippen LogP contribution in [0.25, 0.3) is 11.3 Å². The van der Waals surface area contributed by atoms with Crippen LogP contribution in [0.5, 0.6) is 0 Å². The summed E-state index contributed by atoms with van der Waals surface area (Å²) in [6, 6.07) is 9.45. The minimum Gasteiger partial charge on any atom is -0.379 e. The monoisotopic (exact) mass is 721 g/mol. The molecule has 3 aliphatic rings. The van der Waals surface area contributed by atoms with Crippen LogP contribution in [0.1, 0.15) is 71.5 Å². The minimum atomic E-state index is -0.569. The lowest BCUT2D eigenvalue weighted by Crippen LogP contribution is -2.55. The maximum absolute atomic E-state index is 14.0. The molecule has 1 saturated carbocycles. The van der Waals surface area contributed by atoms with Gasteiger partial charge in [-0.15, -0.1) is 0 Å². The van der Waals surface area contributed by atoms with E-state index in [0.29, 0.717) is 30.7 Å². The number of benzene rings is 1. The van der Waals surface area contributed by atoms with E-state index in [1.165, 1.54) is 0 Å². The molecule has 4 amide bonds. The molecule has 2 bridgehead atoms. The number of rotatable bonds is 17. The number of aromatic amines is 1. The molecular formula is C39H59N7O6. The molecule has 2 saturated heterocycles. The number of hydrogen-bond donors (Lipinski definition) is 3. The zero-order chi connectivity index (χ0) is 37.5. The van der Waals surface area contributed by atoms with Crippen molar-refractivity contribution >= 4 is 23.6 Å². The fourth-order valence-corrected chi connectivity index (χ4v) is 8.87. The number of imidazole rings is 1. The number of ether oxygens (including phenoxy) is 2. The van der Waals surface area contributed by atoms with Gasteiger partial charge in [-0.2, -0.15) is 0 Å². The van der Waals surface area contributed by atoms with E-state index in [1.807, 2.05) is 49.2 Å². The Balaban J connectivity index is 1.18. The number of aromatic nitrogens is 2. The van der Waals surface area contributed by atoms with Crippen molar-refractivity contribution in [2.75, 3.05) is 41.4 Å². The molecule has 0 spiro atoms. The molecule has 3 N–H and O–H groups in total. The normalized spacial score (nSPS) is 24.2. The lowest BCUT2D eigenvalue weighted by atomic mass is 9.90. The van der Waals surface area contributed by atoms with E-state index in [2.05, 4.69) is 39.3 Å². The van der Waals surface area contributed by atoms with Gasteiger partial charge >= 0.3 is 0 Å². The van der Waals surface area contributed by atoms with Crippen LogP contribution < -0.4 is 10.6 Å². The Morgan fingerprint density at radius 3 is 2.46 bits per heavy atom. The number of H-pyrrole nitrogens is 1. The number of carbonyl (C=O) groups is 4. The predicted molar refractivity (Wildman–Crippen MR) is 198 cm³/mol. The summed E-state index contributed by atoms with van der Waals surface area (Å²) < 4.78 is 11.9. The largest absolute Gasteiger partial charge is 0.379 e. The van der Waals surface area contributed by atoms with Crippen LogP contribution in [0.3, 0.4) is 0 Å². The third kappa shape index (κ3) is 8.69. The fraction of sp³-hybridized carbons (Fsp3) is 0.667. The molecule has 5 rings (SSSR count). The molecule has 1 aromatic heterocycles. The molecule has 9 atom stereocenters. The Labute approximate surface area is 308 Å². The van der Waals surface area contributed by atoms with Gasteiger partial charge in [0.15, 0.2) is 0 Å². The standard InChI is InChI=1S/C39H59N7O6/c1-8-24(2)35(45(5)34(48)23-42-39(50)36-27-16-17-28(19-27)44(36)4)31(51-6)20-33(47)46-18-12-15-30(46)37(52-7)25(3)38(49)41-22-32-40-21-29(43-32)26-13-10-9-11-14-26/h9-11,13-14,21,24-25,27-28,30-31,35-37H,8,12,15-20,22-23H2,1-7H3,(H,40,43)(H,41,49)(H,42,50). The van der Waals surface area contributed by atoms with Crippen molar-refractivity contribution in [2.24, 2.45) is 17.8 Å². The molecule has 286 valence electrons. The quantitative estimate of drug-likeness (QED) is 0.226. The molecule has 1 aliphatic carbocycles. The summed E-state index contributed by atoms with van der Waals surface area (Å²) in [6.45, 7) is 6.62. The molecule has 13 heteroatoms. The number of hydrogen-bond acceptors (Lipinski definition) is 8. The van der Waals surface area contributed by atoms with Gasteiger partial charge in [0.1, 0.15) is 5.82 Å². The van der Waals surface area contributed by atoms with Crippen molar-refractivity contribution in [3.63, 3.8) is 0 Å². The van der Waals surface area contributed by atoms with Gasteiger partial charge in [0, 0.05) is 33.9 Å². The molecule has 3 heterocycles. The first-order valence-corrected chi connectivity index (χ1v) is 19.0. The number of carbonyl (C=O) groups excluding carboxylic acids is 4. The van der Waals surface area contributed by atoms with E-state index < -0.39 is 18.1 Å². The van der Waals surface area contributed by atoms with Crippen molar-refractivity contribution < 1.29 is 28.7 Å². The van der Waals surface area contributed by atoms with Gasteiger partial charge < -0.3 is 34.9 Å². The Kier molecular flexibility index (Phi) is 13.5. The number of amides is 4. The van der Waals surface area contributed by atoms with Crippen LogP contribution in [0, 0.1) is 17.8 Å². The van der Waals surface area contributed by atoms with E-state index in [-0.39, 0.29) is 67.2 Å². The number of nitrogens with zero attached hydrogens (tertiary/aromatic N) is 4. The zero-order valence-corrected chi connectivity index (χ0v) is 32.0. The summed E-state index contributed by atoms with van der Waals surface area (Å²) >= 11 is 0. The second kappa shape index (κ2) is 17.8. The number of piperidine rings is 1. The Bertz CT molecular complexity index is 1520. The molecule has 13 nitrogen and oxygen atoms in total. The second-order valence-corrected chi connectivity index (χ2v) is 15.0. The molecule has 3 fully saturated rings. The Morgan fingerprint density at radius 1 is 1.06 bits per heavy atom. The van der Waals surface area contributed by atoms with Gasteiger partial charge in [-0.25, -0.2) is 4.98 Å². The smallest absolute Gasteiger partial charge is 0.242 e. The van der Waals surface area contributed by atoms with E-state index in [4.69, 9.17) is 9.47 Å². The molecule has 2 aliphatic heterocycles. The number of likely N-dealkylation sites (tertiary alicyclic amines) is 2. The average molecular weight is 722 g/mol. The Hall–Kier alpha value is -3.81. The minimum absolute atomic E-state index is 0.0295. The lowest BCUT2D eigenvalue weighted by molar-refractivity contribution is -0.146. The van der Waals surface area contributed by atoms with Gasteiger partial charge in [-0.3, -0.25) is 24.1 Å². The highest BCUT2D eigenvalue weighted by molar-refractivity contribution is 5.88. The van der Waals surface area contributed by atoms with Crippen molar-refractivity contribution in [2.45, 2.75) is 109 Å². The highest BCUT2D eigenvalue weighted by Crippen LogP contribution is 2.41. The maximum atomic E-state index is 14.0. The van der Waals surface area contributed by atoms with Crippen LogP contribution in [-0.2, 0) is 35.2 Å². The summed E-state index contributed by atoms with van der Waals surface area (Å²) in [5.41, 5.74) is 1.89. The van der Waals surface area contributed by atoms with Crippen molar-refractivity contribution in [1.82, 2.24) is 35.3 Å². The van der Waals surface area contributed by atoms with Crippen LogP contribution in [0.2, 0.25) is 0 Å². The first-order chi connectivity index (χ1) is 25.0. The highest BCUT2D eigenvalue weighted by Gasteiger charge is 2.47. The van der Waals surface area contributed by atoms with Gasteiger partial charge in [0.05, 0.1) is 67.7 Å². The summed E-state index contributed by atoms with van der Waals surface area (Å²) in [5.74, 6) is -0.111. The molecule has 52 heavy (non-hydrogen) atoms. The average Bonchev–Trinajstić information content (AvgIpc) is 3.98. The Morgan fingerprint density at radius 2 is 1.81 bits per heavy atom. The van der Waals surface area contributed by atoms with Gasteiger partial charge in [-0.05, 0) is 56.6 Å². The van der Waals surface area contributed by atoms with Crippen LogP contribution in [0.4, 0.5) is 0 Å². The number of nitrogens with one attached hydrogen (secondary N) is 3. The summed E-state index contributed by atoms with van der Waals surface area (Å²) in [4.78, 5) is 67.4. The predicted octanol–water partition coefficient (Wildman–Crippen LogP) is 3.21. The zero-order valence-electron chi connectivity index (χ0n) is 32.0. The molecule has 1 aromatic carbocycles. The number of likely N-dealkylation sites (N-methyl/N-ethyl adjacent to an activating group) is 2. The number of methoxy groups -OCH3 is 2. The van der Waals surface area contributed by atoms with E-state index in [9.17, 15) is 19.2 Å². The summed E-state index contributed by atoms with van der Waals surface area (Å²) in [7, 11) is 6.89. The second-order valence-electron chi connectivity index (χ2n) is 15.0. The molecular weight excluding hydrogens is 662 g/mol. The molecule has 9 unspecified atom stereocenters. The summed E-state index contributed by atoms with van der Waals surface area (Å²) in [5, 5.41) is 5.89. The first kappa shape index (κ1) is 39.4. The fourth-order valence-electron chi connectivity index (χ4n) is 8.87. The molecule has 0 radical (unpaired) electrons. The third-order valence-corrected chi connectivity index (χ3v) is 12.0. The maximum Gasteiger partial charge on any atom is 0.242 e. The topological polar surface area (TPSA) is 149 Å². The van der Waals surface area contributed by atoms with Gasteiger partial charge in [0.25, 0.3) is 0 Å². The van der Waals surface area contributed by atoms with E-state index in [0.717, 1.165) is 43.4 Å².